The smallest absolute Gasteiger partial charge is 0.0248 e. The molecule has 3 heteroatoms. The molecule has 2 heterocycles. The summed E-state index contributed by atoms with van der Waals surface area (Å²) in [4.78, 5) is 4.10. The molecule has 1 aromatic heterocycles. The summed E-state index contributed by atoms with van der Waals surface area (Å²) in [5, 5.41) is 2.22. The Bertz CT molecular complexity index is 520. The minimum Gasteiger partial charge on any atom is -0.294 e. The van der Waals surface area contributed by atoms with E-state index in [1.165, 1.54) is 28.6 Å². The van der Waals surface area contributed by atoms with Gasteiger partial charge in [-0.15, -0.1) is 11.3 Å². The van der Waals surface area contributed by atoms with Gasteiger partial charge in [-0.1, -0.05) is 28.1 Å². The molecule has 0 atom stereocenters. The Morgan fingerprint density at radius 3 is 3.12 bits per heavy atom. The van der Waals surface area contributed by atoms with Gasteiger partial charge in [0.2, 0.25) is 0 Å². The molecule has 0 saturated carbocycles. The van der Waals surface area contributed by atoms with Crippen LogP contribution in [-0.4, -0.2) is 11.4 Å². The maximum absolute atomic E-state index is 3.53. The van der Waals surface area contributed by atoms with Crippen molar-refractivity contribution in [3.63, 3.8) is 0 Å². The first-order chi connectivity index (χ1) is 8.31. The Labute approximate surface area is 114 Å². The lowest BCUT2D eigenvalue weighted by molar-refractivity contribution is 0.247. The van der Waals surface area contributed by atoms with Crippen molar-refractivity contribution in [1.82, 2.24) is 4.90 Å². The third-order valence-electron chi connectivity index (χ3n) is 3.18. The Morgan fingerprint density at radius 1 is 1.29 bits per heavy atom. The fourth-order valence-electron chi connectivity index (χ4n) is 2.34. The summed E-state index contributed by atoms with van der Waals surface area (Å²) in [5.41, 5.74) is 2.91. The second kappa shape index (κ2) is 4.92. The van der Waals surface area contributed by atoms with Crippen molar-refractivity contribution in [1.29, 1.82) is 0 Å². The van der Waals surface area contributed by atoms with Crippen LogP contribution in [0.2, 0.25) is 0 Å². The maximum atomic E-state index is 3.53. The van der Waals surface area contributed by atoms with Gasteiger partial charge in [0.15, 0.2) is 0 Å². The van der Waals surface area contributed by atoms with Gasteiger partial charge < -0.3 is 0 Å². The van der Waals surface area contributed by atoms with Gasteiger partial charge in [0.1, 0.15) is 0 Å². The average Bonchev–Trinajstić information content (AvgIpc) is 2.76. The van der Waals surface area contributed by atoms with Crippen LogP contribution in [0.1, 0.15) is 16.0 Å². The number of fused-ring (bicyclic) bond motifs is 1. The summed E-state index contributed by atoms with van der Waals surface area (Å²) >= 11 is 5.43. The van der Waals surface area contributed by atoms with Gasteiger partial charge in [0.05, 0.1) is 0 Å². The molecule has 0 radical (unpaired) electrons. The van der Waals surface area contributed by atoms with E-state index in [0.29, 0.717) is 0 Å². The van der Waals surface area contributed by atoms with Crippen LogP contribution in [-0.2, 0) is 19.5 Å². The number of hydrogen-bond acceptors (Lipinski definition) is 2. The van der Waals surface area contributed by atoms with Crippen LogP contribution in [0, 0.1) is 0 Å². The SMILES string of the molecule is Brc1cccc(CN2CCc3sccc3C2)c1. The zero-order valence-electron chi connectivity index (χ0n) is 9.53. The van der Waals surface area contributed by atoms with Crippen LogP contribution in [0.4, 0.5) is 0 Å². The summed E-state index contributed by atoms with van der Waals surface area (Å²) in [5.74, 6) is 0. The van der Waals surface area contributed by atoms with Gasteiger partial charge in [0.25, 0.3) is 0 Å². The highest BCUT2D eigenvalue weighted by atomic mass is 79.9. The second-order valence-electron chi connectivity index (χ2n) is 4.46. The van der Waals surface area contributed by atoms with Crippen LogP contribution in [0.5, 0.6) is 0 Å². The number of halogens is 1. The van der Waals surface area contributed by atoms with Crippen molar-refractivity contribution < 1.29 is 0 Å². The maximum Gasteiger partial charge on any atom is 0.0248 e. The molecule has 0 N–H and O–H groups in total. The molecule has 2 aromatic rings. The van der Waals surface area contributed by atoms with E-state index in [4.69, 9.17) is 0 Å². The zero-order valence-corrected chi connectivity index (χ0v) is 11.9. The molecule has 88 valence electrons. The molecule has 0 unspecified atom stereocenters. The number of benzene rings is 1. The van der Waals surface area contributed by atoms with E-state index in [9.17, 15) is 0 Å². The highest BCUT2D eigenvalue weighted by Crippen LogP contribution is 2.25. The number of nitrogens with zero attached hydrogens (tertiary/aromatic N) is 1. The van der Waals surface area contributed by atoms with Gasteiger partial charge in [-0.05, 0) is 41.1 Å². The van der Waals surface area contributed by atoms with Gasteiger partial charge in [-0.25, -0.2) is 0 Å². The van der Waals surface area contributed by atoms with E-state index < -0.39 is 0 Å². The normalized spacial score (nSPS) is 15.8. The summed E-state index contributed by atoms with van der Waals surface area (Å²) in [6.07, 6.45) is 1.21. The highest BCUT2D eigenvalue weighted by Gasteiger charge is 2.16. The molecule has 1 aromatic carbocycles. The van der Waals surface area contributed by atoms with Crippen LogP contribution >= 0.6 is 27.3 Å². The Balaban J connectivity index is 1.72. The molecule has 0 spiro atoms. The van der Waals surface area contributed by atoms with Crippen LogP contribution < -0.4 is 0 Å². The molecule has 1 aliphatic rings. The summed E-state index contributed by atoms with van der Waals surface area (Å²) in [6, 6.07) is 10.9. The minimum atomic E-state index is 1.05. The molecule has 0 amide bonds. The van der Waals surface area contributed by atoms with Crippen LogP contribution in [0.15, 0.2) is 40.2 Å². The molecule has 3 rings (SSSR count). The number of hydrogen-bond donors (Lipinski definition) is 0. The minimum absolute atomic E-state index is 1.05. The monoisotopic (exact) mass is 307 g/mol. The van der Waals surface area contributed by atoms with Crippen LogP contribution in [0.25, 0.3) is 0 Å². The van der Waals surface area contributed by atoms with Gasteiger partial charge in [-0.3, -0.25) is 4.90 Å². The van der Waals surface area contributed by atoms with E-state index in [1.54, 1.807) is 4.88 Å². The lowest BCUT2D eigenvalue weighted by atomic mass is 10.1. The zero-order chi connectivity index (χ0) is 11.7. The Morgan fingerprint density at radius 2 is 2.24 bits per heavy atom. The predicted octanol–water partition coefficient (Wildman–Crippen LogP) is 4.07. The molecule has 0 fully saturated rings. The first kappa shape index (κ1) is 11.5. The topological polar surface area (TPSA) is 3.24 Å². The second-order valence-corrected chi connectivity index (χ2v) is 6.38. The highest BCUT2D eigenvalue weighted by molar-refractivity contribution is 9.10. The molecule has 17 heavy (non-hydrogen) atoms. The van der Waals surface area contributed by atoms with E-state index in [0.717, 1.165) is 13.1 Å². The molecule has 0 bridgehead atoms. The van der Waals surface area contributed by atoms with Crippen molar-refractivity contribution in [2.75, 3.05) is 6.54 Å². The summed E-state index contributed by atoms with van der Waals surface area (Å²) in [7, 11) is 0. The largest absolute Gasteiger partial charge is 0.294 e. The Kier molecular flexibility index (Phi) is 3.32. The molecule has 0 aliphatic carbocycles. The van der Waals surface area contributed by atoms with Gasteiger partial charge >= 0.3 is 0 Å². The van der Waals surface area contributed by atoms with Crippen molar-refractivity contribution in [3.05, 3.63) is 56.2 Å². The third-order valence-corrected chi connectivity index (χ3v) is 4.70. The first-order valence-electron chi connectivity index (χ1n) is 5.83. The lowest BCUT2D eigenvalue weighted by Crippen LogP contribution is -2.29. The molecule has 1 aliphatic heterocycles. The third kappa shape index (κ3) is 2.62. The summed E-state index contributed by atoms with van der Waals surface area (Å²) < 4.78 is 1.17. The quantitative estimate of drug-likeness (QED) is 0.808. The molecular weight excluding hydrogens is 294 g/mol. The van der Waals surface area contributed by atoms with E-state index in [2.05, 4.69) is 56.5 Å². The van der Waals surface area contributed by atoms with Crippen molar-refractivity contribution in [2.24, 2.45) is 0 Å². The van der Waals surface area contributed by atoms with E-state index >= 15 is 0 Å². The standard InChI is InChI=1S/C14H14BrNS/c15-13-3-1-2-11(8-13)9-16-6-4-14-12(10-16)5-7-17-14/h1-3,5,7-8H,4,6,9-10H2. The first-order valence-corrected chi connectivity index (χ1v) is 7.50. The van der Waals surface area contributed by atoms with E-state index in [1.807, 2.05) is 11.3 Å². The average molecular weight is 308 g/mol. The van der Waals surface area contributed by atoms with Crippen molar-refractivity contribution >= 4 is 27.3 Å². The van der Waals surface area contributed by atoms with Gasteiger partial charge in [0, 0.05) is 29.0 Å². The van der Waals surface area contributed by atoms with Gasteiger partial charge in [-0.2, -0.15) is 0 Å². The fourth-order valence-corrected chi connectivity index (χ4v) is 3.67. The predicted molar refractivity (Wildman–Crippen MR) is 76.3 cm³/mol. The molecule has 1 nitrogen and oxygen atoms in total. The fraction of sp³-hybridized carbons (Fsp3) is 0.286. The van der Waals surface area contributed by atoms with Crippen molar-refractivity contribution in [2.45, 2.75) is 19.5 Å². The molecular formula is C14H14BrNS. The summed E-state index contributed by atoms with van der Waals surface area (Å²) in [6.45, 7) is 3.33. The lowest BCUT2D eigenvalue weighted by Gasteiger charge is -2.26. The molecule has 0 saturated heterocycles. The van der Waals surface area contributed by atoms with Crippen molar-refractivity contribution in [3.8, 4) is 0 Å². The van der Waals surface area contributed by atoms with E-state index in [-0.39, 0.29) is 0 Å². The van der Waals surface area contributed by atoms with Crippen LogP contribution in [0.3, 0.4) is 0 Å². The number of thiophene rings is 1. The number of rotatable bonds is 2. The Hall–Kier alpha value is -0.640.